The number of anilines is 1. The van der Waals surface area contributed by atoms with Crippen molar-refractivity contribution in [2.24, 2.45) is 0 Å². The average Bonchev–Trinajstić information content (AvgIpc) is 2.17. The Hall–Kier alpha value is -1.68. The minimum absolute atomic E-state index is 0.152. The molecule has 0 spiro atoms. The lowest BCUT2D eigenvalue weighted by Gasteiger charge is -2.04. The Labute approximate surface area is 87.9 Å². The van der Waals surface area contributed by atoms with E-state index in [2.05, 4.69) is 5.32 Å². The molecule has 0 bridgehead atoms. The molecule has 0 unspecified atom stereocenters. The molecular formula is C11H13NO3. The molecule has 1 aromatic rings. The lowest BCUT2D eigenvalue weighted by Crippen LogP contribution is -2.09. The van der Waals surface area contributed by atoms with E-state index in [-0.39, 0.29) is 18.1 Å². The first kappa shape index (κ1) is 11.4. The van der Waals surface area contributed by atoms with Gasteiger partial charge in [-0.15, -0.1) is 0 Å². The summed E-state index contributed by atoms with van der Waals surface area (Å²) in [7, 11) is 0. The number of rotatable bonds is 4. The maximum absolute atomic E-state index is 11.0. The maximum atomic E-state index is 11.0. The Morgan fingerprint density at radius 3 is 2.73 bits per heavy atom. The summed E-state index contributed by atoms with van der Waals surface area (Å²) in [5.74, 6) is -0.393. The van der Waals surface area contributed by atoms with E-state index in [9.17, 15) is 9.59 Å². The van der Waals surface area contributed by atoms with Crippen LogP contribution in [-0.4, -0.2) is 23.4 Å². The fourth-order valence-corrected chi connectivity index (χ4v) is 1.25. The highest BCUT2D eigenvalue weighted by Gasteiger charge is 2.03. The standard InChI is InChI=1S/C11H13NO3/c1-8(14)12-10-4-2-3-9(5-10)6-11(15)7-13/h2-5,13H,6-7H2,1H3,(H,12,14). The molecule has 0 aliphatic rings. The summed E-state index contributed by atoms with van der Waals surface area (Å²) in [6, 6.07) is 6.99. The smallest absolute Gasteiger partial charge is 0.221 e. The van der Waals surface area contributed by atoms with E-state index in [0.29, 0.717) is 5.69 Å². The van der Waals surface area contributed by atoms with Gasteiger partial charge in [0.15, 0.2) is 5.78 Å². The lowest BCUT2D eigenvalue weighted by molar-refractivity contribution is -0.121. The van der Waals surface area contributed by atoms with E-state index in [1.807, 2.05) is 0 Å². The predicted molar refractivity (Wildman–Crippen MR) is 56.5 cm³/mol. The molecule has 0 saturated heterocycles. The van der Waals surface area contributed by atoms with Crippen molar-refractivity contribution in [2.75, 3.05) is 11.9 Å². The number of benzene rings is 1. The third kappa shape index (κ3) is 3.91. The van der Waals surface area contributed by atoms with Gasteiger partial charge in [-0.05, 0) is 17.7 Å². The summed E-state index contributed by atoms with van der Waals surface area (Å²) in [6.45, 7) is 0.968. The zero-order valence-corrected chi connectivity index (χ0v) is 8.49. The Morgan fingerprint density at radius 1 is 1.40 bits per heavy atom. The van der Waals surface area contributed by atoms with Gasteiger partial charge in [0.05, 0.1) is 0 Å². The highest BCUT2D eigenvalue weighted by Crippen LogP contribution is 2.11. The van der Waals surface area contributed by atoms with Crippen LogP contribution in [0.5, 0.6) is 0 Å². The van der Waals surface area contributed by atoms with Gasteiger partial charge >= 0.3 is 0 Å². The van der Waals surface area contributed by atoms with Gasteiger partial charge in [-0.25, -0.2) is 0 Å². The second-order valence-corrected chi connectivity index (χ2v) is 3.26. The number of hydrogen-bond acceptors (Lipinski definition) is 3. The Bertz CT molecular complexity index is 374. The van der Waals surface area contributed by atoms with Gasteiger partial charge in [0.25, 0.3) is 0 Å². The van der Waals surface area contributed by atoms with Gasteiger partial charge in [-0.3, -0.25) is 9.59 Å². The summed E-state index contributed by atoms with van der Waals surface area (Å²) in [6.07, 6.45) is 0.184. The number of aliphatic hydroxyl groups excluding tert-OH is 1. The first-order valence-corrected chi connectivity index (χ1v) is 4.61. The summed E-state index contributed by atoms with van der Waals surface area (Å²) in [5.41, 5.74) is 1.44. The van der Waals surface area contributed by atoms with E-state index < -0.39 is 6.61 Å². The fraction of sp³-hybridized carbons (Fsp3) is 0.273. The van der Waals surface area contributed by atoms with E-state index in [1.165, 1.54) is 6.92 Å². The zero-order valence-electron chi connectivity index (χ0n) is 8.49. The second-order valence-electron chi connectivity index (χ2n) is 3.26. The minimum atomic E-state index is -0.454. The fourth-order valence-electron chi connectivity index (χ4n) is 1.25. The van der Waals surface area contributed by atoms with Crippen molar-refractivity contribution in [3.05, 3.63) is 29.8 Å². The van der Waals surface area contributed by atoms with Crippen LogP contribution in [0.1, 0.15) is 12.5 Å². The molecule has 0 aliphatic heterocycles. The van der Waals surface area contributed by atoms with Crippen molar-refractivity contribution >= 4 is 17.4 Å². The minimum Gasteiger partial charge on any atom is -0.389 e. The Kier molecular flexibility index (Phi) is 4.00. The van der Waals surface area contributed by atoms with Gasteiger partial charge in [0.2, 0.25) is 5.91 Å². The Morgan fingerprint density at radius 2 is 2.13 bits per heavy atom. The molecule has 80 valence electrons. The average molecular weight is 207 g/mol. The van der Waals surface area contributed by atoms with Gasteiger partial charge < -0.3 is 10.4 Å². The molecule has 1 amide bonds. The largest absolute Gasteiger partial charge is 0.389 e. The quantitative estimate of drug-likeness (QED) is 0.765. The third-order valence-corrected chi connectivity index (χ3v) is 1.82. The molecule has 0 radical (unpaired) electrons. The van der Waals surface area contributed by atoms with Gasteiger partial charge in [0.1, 0.15) is 6.61 Å². The van der Waals surface area contributed by atoms with Gasteiger partial charge in [-0.2, -0.15) is 0 Å². The number of amides is 1. The van der Waals surface area contributed by atoms with Crippen LogP contribution >= 0.6 is 0 Å². The van der Waals surface area contributed by atoms with Crippen molar-refractivity contribution < 1.29 is 14.7 Å². The molecule has 0 saturated carbocycles. The lowest BCUT2D eigenvalue weighted by atomic mass is 10.1. The first-order chi connectivity index (χ1) is 7.11. The predicted octanol–water partition coefficient (Wildman–Crippen LogP) is 0.749. The van der Waals surface area contributed by atoms with Gasteiger partial charge in [0, 0.05) is 19.0 Å². The van der Waals surface area contributed by atoms with E-state index in [4.69, 9.17) is 5.11 Å². The normalized spacial score (nSPS) is 9.73. The Balaban J connectivity index is 2.74. The molecule has 0 aliphatic carbocycles. The van der Waals surface area contributed by atoms with Crippen molar-refractivity contribution in [1.29, 1.82) is 0 Å². The number of hydrogen-bond donors (Lipinski definition) is 2. The molecule has 1 aromatic carbocycles. The molecule has 0 aromatic heterocycles. The van der Waals surface area contributed by atoms with Crippen LogP contribution in [0.4, 0.5) is 5.69 Å². The molecule has 4 nitrogen and oxygen atoms in total. The third-order valence-electron chi connectivity index (χ3n) is 1.82. The van der Waals surface area contributed by atoms with Crippen molar-refractivity contribution in [2.45, 2.75) is 13.3 Å². The number of nitrogens with one attached hydrogen (secondary N) is 1. The van der Waals surface area contributed by atoms with Crippen molar-refractivity contribution in [3.63, 3.8) is 0 Å². The van der Waals surface area contributed by atoms with Crippen LogP contribution < -0.4 is 5.32 Å². The molecule has 2 N–H and O–H groups in total. The van der Waals surface area contributed by atoms with Crippen LogP contribution in [0.2, 0.25) is 0 Å². The number of Topliss-reactive ketones (excluding diaryl/α,β-unsaturated/α-hetero) is 1. The molecule has 0 atom stereocenters. The number of aliphatic hydroxyl groups is 1. The van der Waals surface area contributed by atoms with E-state index in [0.717, 1.165) is 5.56 Å². The summed E-state index contributed by atoms with van der Waals surface area (Å²) in [5, 5.41) is 11.2. The van der Waals surface area contributed by atoms with Crippen LogP contribution in [0.3, 0.4) is 0 Å². The second kappa shape index (κ2) is 5.26. The van der Waals surface area contributed by atoms with E-state index in [1.54, 1.807) is 24.3 Å². The highest BCUT2D eigenvalue weighted by atomic mass is 16.3. The number of ketones is 1. The molecule has 1 rings (SSSR count). The molecule has 0 heterocycles. The summed E-state index contributed by atoms with van der Waals surface area (Å²) < 4.78 is 0. The van der Waals surface area contributed by atoms with Crippen LogP contribution in [0.25, 0.3) is 0 Å². The topological polar surface area (TPSA) is 66.4 Å². The maximum Gasteiger partial charge on any atom is 0.221 e. The molecule has 4 heteroatoms. The number of carbonyl (C=O) groups is 2. The molecule has 15 heavy (non-hydrogen) atoms. The SMILES string of the molecule is CC(=O)Nc1cccc(CC(=O)CO)c1. The van der Waals surface area contributed by atoms with Crippen molar-refractivity contribution in [3.8, 4) is 0 Å². The summed E-state index contributed by atoms with van der Waals surface area (Å²) >= 11 is 0. The van der Waals surface area contributed by atoms with Crippen LogP contribution in [0, 0.1) is 0 Å². The molecule has 0 fully saturated rings. The highest BCUT2D eigenvalue weighted by molar-refractivity contribution is 5.89. The van der Waals surface area contributed by atoms with Gasteiger partial charge in [-0.1, -0.05) is 12.1 Å². The zero-order chi connectivity index (χ0) is 11.3. The van der Waals surface area contributed by atoms with Crippen LogP contribution in [-0.2, 0) is 16.0 Å². The first-order valence-electron chi connectivity index (χ1n) is 4.61. The number of carbonyl (C=O) groups excluding carboxylic acids is 2. The summed E-state index contributed by atoms with van der Waals surface area (Å²) in [4.78, 5) is 21.8. The monoisotopic (exact) mass is 207 g/mol. The van der Waals surface area contributed by atoms with Crippen molar-refractivity contribution in [1.82, 2.24) is 0 Å². The van der Waals surface area contributed by atoms with Crippen LogP contribution in [0.15, 0.2) is 24.3 Å². The van der Waals surface area contributed by atoms with E-state index >= 15 is 0 Å². The molecular weight excluding hydrogens is 194 g/mol.